The van der Waals surface area contributed by atoms with Gasteiger partial charge >= 0.3 is 0 Å². The van der Waals surface area contributed by atoms with Crippen LogP contribution in [0.15, 0.2) is 18.2 Å². The summed E-state index contributed by atoms with van der Waals surface area (Å²) in [7, 11) is 0. The monoisotopic (exact) mass is 223 g/mol. The van der Waals surface area contributed by atoms with Crippen LogP contribution in [0.1, 0.15) is 43.7 Å². The van der Waals surface area contributed by atoms with Gasteiger partial charge in [0.15, 0.2) is 0 Å². The molecule has 0 saturated heterocycles. The van der Waals surface area contributed by atoms with E-state index >= 15 is 0 Å². The van der Waals surface area contributed by atoms with Crippen molar-refractivity contribution in [3.05, 3.63) is 34.3 Å². The molecule has 1 aliphatic carbocycles. The molecular formula is C13H18ClN. The van der Waals surface area contributed by atoms with Crippen LogP contribution >= 0.6 is 11.6 Å². The van der Waals surface area contributed by atoms with Crippen molar-refractivity contribution in [1.82, 2.24) is 0 Å². The topological polar surface area (TPSA) is 26.0 Å². The molecule has 0 unspecified atom stereocenters. The fraction of sp³-hybridized carbons (Fsp3) is 0.538. The average molecular weight is 224 g/mol. The molecule has 1 aromatic rings. The van der Waals surface area contributed by atoms with Gasteiger partial charge in [-0.1, -0.05) is 31.5 Å². The van der Waals surface area contributed by atoms with E-state index < -0.39 is 0 Å². The molecule has 0 aliphatic heterocycles. The van der Waals surface area contributed by atoms with Gasteiger partial charge in [-0.05, 0) is 48.4 Å². The fourth-order valence-corrected chi connectivity index (χ4v) is 2.12. The minimum absolute atomic E-state index is 0.0684. The van der Waals surface area contributed by atoms with Crippen molar-refractivity contribution in [1.29, 1.82) is 0 Å². The van der Waals surface area contributed by atoms with Gasteiger partial charge in [0.25, 0.3) is 0 Å². The first-order valence-electron chi connectivity index (χ1n) is 5.57. The van der Waals surface area contributed by atoms with Crippen LogP contribution in [-0.2, 0) is 6.42 Å². The Morgan fingerprint density at radius 2 is 2.00 bits per heavy atom. The Balaban J connectivity index is 2.23. The summed E-state index contributed by atoms with van der Waals surface area (Å²) in [4.78, 5) is 0. The highest BCUT2D eigenvalue weighted by Crippen LogP contribution is 2.36. The van der Waals surface area contributed by atoms with Gasteiger partial charge in [-0.15, -0.1) is 0 Å². The van der Waals surface area contributed by atoms with Crippen LogP contribution in [0.5, 0.6) is 0 Å². The lowest BCUT2D eigenvalue weighted by Gasteiger charge is -2.12. The van der Waals surface area contributed by atoms with Crippen molar-refractivity contribution in [2.45, 2.75) is 44.6 Å². The Morgan fingerprint density at radius 1 is 1.33 bits per heavy atom. The highest BCUT2D eigenvalue weighted by molar-refractivity contribution is 6.30. The summed E-state index contributed by atoms with van der Waals surface area (Å²) in [6.07, 6.45) is 3.26. The first-order valence-corrected chi connectivity index (χ1v) is 5.95. The van der Waals surface area contributed by atoms with Gasteiger partial charge in [-0.25, -0.2) is 0 Å². The third-order valence-electron chi connectivity index (χ3n) is 3.09. The maximum absolute atomic E-state index is 6.11. The summed E-state index contributed by atoms with van der Waals surface area (Å²) in [5.74, 6) is 0.523. The van der Waals surface area contributed by atoms with Crippen LogP contribution in [-0.4, -0.2) is 5.54 Å². The molecule has 1 nitrogen and oxygen atoms in total. The first-order chi connectivity index (χ1) is 6.98. The molecule has 1 aromatic carbocycles. The van der Waals surface area contributed by atoms with E-state index in [2.05, 4.69) is 19.9 Å². The SMILES string of the molecule is CC(C)c1cc(Cl)cc(CC2(N)CC2)c1. The van der Waals surface area contributed by atoms with Gasteiger partial charge < -0.3 is 5.73 Å². The molecule has 1 fully saturated rings. The summed E-state index contributed by atoms with van der Waals surface area (Å²) in [6, 6.07) is 6.33. The molecule has 0 radical (unpaired) electrons. The van der Waals surface area contributed by atoms with E-state index in [9.17, 15) is 0 Å². The number of benzene rings is 1. The minimum atomic E-state index is 0.0684. The average Bonchev–Trinajstić information content (AvgIpc) is 2.81. The van der Waals surface area contributed by atoms with Crippen molar-refractivity contribution in [3.8, 4) is 0 Å². The van der Waals surface area contributed by atoms with Crippen molar-refractivity contribution >= 4 is 11.6 Å². The lowest BCUT2D eigenvalue weighted by Crippen LogP contribution is -2.24. The van der Waals surface area contributed by atoms with Gasteiger partial charge in [-0.2, -0.15) is 0 Å². The molecule has 0 bridgehead atoms. The highest BCUT2D eigenvalue weighted by Gasteiger charge is 2.37. The number of rotatable bonds is 3. The van der Waals surface area contributed by atoms with E-state index in [1.165, 1.54) is 11.1 Å². The van der Waals surface area contributed by atoms with Crippen LogP contribution in [0, 0.1) is 0 Å². The van der Waals surface area contributed by atoms with Crippen LogP contribution in [0.25, 0.3) is 0 Å². The number of halogens is 1. The van der Waals surface area contributed by atoms with E-state index in [1.807, 2.05) is 12.1 Å². The second-order valence-corrected chi connectivity index (χ2v) is 5.52. The van der Waals surface area contributed by atoms with Gasteiger partial charge in [0.2, 0.25) is 0 Å². The standard InChI is InChI=1S/C13H18ClN/c1-9(2)11-5-10(6-12(14)7-11)8-13(15)3-4-13/h5-7,9H,3-4,8,15H2,1-2H3. The van der Waals surface area contributed by atoms with Gasteiger partial charge in [-0.3, -0.25) is 0 Å². The minimum Gasteiger partial charge on any atom is -0.325 e. The highest BCUT2D eigenvalue weighted by atomic mass is 35.5. The molecule has 0 atom stereocenters. The lowest BCUT2D eigenvalue weighted by atomic mass is 9.97. The molecule has 0 spiro atoms. The smallest absolute Gasteiger partial charge is 0.0411 e. The predicted octanol–water partition coefficient (Wildman–Crippen LogP) is 3.50. The zero-order chi connectivity index (χ0) is 11.1. The van der Waals surface area contributed by atoms with Gasteiger partial charge in [0.1, 0.15) is 0 Å². The summed E-state index contributed by atoms with van der Waals surface area (Å²) in [6.45, 7) is 4.37. The Hall–Kier alpha value is -0.530. The zero-order valence-electron chi connectivity index (χ0n) is 9.39. The molecule has 0 heterocycles. The van der Waals surface area contributed by atoms with Crippen molar-refractivity contribution in [2.75, 3.05) is 0 Å². The Labute approximate surface area is 96.6 Å². The van der Waals surface area contributed by atoms with E-state index in [-0.39, 0.29) is 5.54 Å². The molecule has 0 amide bonds. The van der Waals surface area contributed by atoms with Crippen molar-refractivity contribution in [2.24, 2.45) is 5.73 Å². The van der Waals surface area contributed by atoms with Crippen molar-refractivity contribution < 1.29 is 0 Å². The Kier molecular flexibility index (Phi) is 2.78. The van der Waals surface area contributed by atoms with Crippen LogP contribution in [0.2, 0.25) is 5.02 Å². The Bertz CT molecular complexity index is 367. The van der Waals surface area contributed by atoms with Crippen LogP contribution in [0.3, 0.4) is 0 Å². The summed E-state index contributed by atoms with van der Waals surface area (Å²) in [5.41, 5.74) is 8.77. The lowest BCUT2D eigenvalue weighted by molar-refractivity contribution is 0.671. The fourth-order valence-electron chi connectivity index (χ4n) is 1.85. The molecule has 15 heavy (non-hydrogen) atoms. The normalized spacial score (nSPS) is 18.2. The third kappa shape index (κ3) is 2.73. The summed E-state index contributed by atoms with van der Waals surface area (Å²) in [5, 5.41) is 0.834. The molecule has 0 aromatic heterocycles. The quantitative estimate of drug-likeness (QED) is 0.834. The number of nitrogens with two attached hydrogens (primary N) is 1. The first kappa shape index (κ1) is 11.0. The Morgan fingerprint density at radius 3 is 2.53 bits per heavy atom. The second kappa shape index (κ2) is 3.80. The molecule has 82 valence electrons. The van der Waals surface area contributed by atoms with E-state index in [0.29, 0.717) is 5.92 Å². The maximum Gasteiger partial charge on any atom is 0.0411 e. The van der Waals surface area contributed by atoms with E-state index in [4.69, 9.17) is 17.3 Å². The van der Waals surface area contributed by atoms with Gasteiger partial charge in [0, 0.05) is 10.6 Å². The maximum atomic E-state index is 6.11. The van der Waals surface area contributed by atoms with Crippen molar-refractivity contribution in [3.63, 3.8) is 0 Å². The second-order valence-electron chi connectivity index (χ2n) is 5.09. The van der Waals surface area contributed by atoms with E-state index in [0.717, 1.165) is 24.3 Å². The number of hydrogen-bond acceptors (Lipinski definition) is 1. The third-order valence-corrected chi connectivity index (χ3v) is 3.31. The molecule has 2 N–H and O–H groups in total. The largest absolute Gasteiger partial charge is 0.325 e. The van der Waals surface area contributed by atoms with Crippen LogP contribution in [0.4, 0.5) is 0 Å². The summed E-state index contributed by atoms with van der Waals surface area (Å²) >= 11 is 6.10. The molecular weight excluding hydrogens is 206 g/mol. The molecule has 2 rings (SSSR count). The molecule has 1 aliphatic rings. The van der Waals surface area contributed by atoms with Crippen LogP contribution < -0.4 is 5.73 Å². The molecule has 2 heteroatoms. The van der Waals surface area contributed by atoms with E-state index in [1.54, 1.807) is 0 Å². The molecule has 1 saturated carbocycles. The summed E-state index contributed by atoms with van der Waals surface area (Å²) < 4.78 is 0. The van der Waals surface area contributed by atoms with Gasteiger partial charge in [0.05, 0.1) is 0 Å². The zero-order valence-corrected chi connectivity index (χ0v) is 10.1. The number of hydrogen-bond donors (Lipinski definition) is 1. The predicted molar refractivity (Wildman–Crippen MR) is 65.4 cm³/mol.